The largest absolute Gasteiger partial charge is 0.515 e. The number of hydrogen-bond acceptors (Lipinski definition) is 2. The molecule has 0 saturated carbocycles. The van der Waals surface area contributed by atoms with E-state index in [1.165, 1.54) is 17.2 Å². The molecule has 1 aliphatic carbocycles. The van der Waals surface area contributed by atoms with Crippen LogP contribution < -0.4 is 0 Å². The Labute approximate surface area is 101 Å². The van der Waals surface area contributed by atoms with Crippen LogP contribution >= 0.6 is 0 Å². The summed E-state index contributed by atoms with van der Waals surface area (Å²) in [6, 6.07) is 8.19. The molecule has 0 spiro atoms. The minimum atomic E-state index is -0.183. The fourth-order valence-electron chi connectivity index (χ4n) is 2.63. The molecule has 0 heterocycles. The van der Waals surface area contributed by atoms with Crippen molar-refractivity contribution in [2.75, 3.05) is 0 Å². The van der Waals surface area contributed by atoms with Crippen molar-refractivity contribution in [1.82, 2.24) is 0 Å². The smallest absolute Gasteiger partial charge is 0.184 e. The molecule has 0 radical (unpaired) electrons. The Hall–Kier alpha value is -1.83. The molecule has 0 aliphatic heterocycles. The van der Waals surface area contributed by atoms with E-state index in [4.69, 9.17) is 0 Å². The number of carbonyl (C=O) groups excluding carboxylic acids is 1. The second-order valence-electron chi connectivity index (χ2n) is 4.45. The third kappa shape index (κ3) is 1.91. The Bertz CT molecular complexity index is 485. The predicted octanol–water partition coefficient (Wildman–Crippen LogP) is 3.16. The first-order valence-corrected chi connectivity index (χ1v) is 5.78. The highest BCUT2D eigenvalue weighted by molar-refractivity contribution is 6.04. The van der Waals surface area contributed by atoms with Crippen LogP contribution in [-0.2, 0) is 11.2 Å². The van der Waals surface area contributed by atoms with Gasteiger partial charge in [0.2, 0.25) is 0 Å². The molecule has 1 aliphatic rings. The molecule has 2 rings (SSSR count). The minimum Gasteiger partial charge on any atom is -0.515 e. The zero-order chi connectivity index (χ0) is 12.4. The summed E-state index contributed by atoms with van der Waals surface area (Å²) in [5.74, 6) is 0.133. The van der Waals surface area contributed by atoms with Crippen molar-refractivity contribution in [2.24, 2.45) is 5.92 Å². The normalized spacial score (nSPS) is 23.2. The predicted molar refractivity (Wildman–Crippen MR) is 68.0 cm³/mol. The first-order chi connectivity index (χ1) is 8.19. The molecule has 17 heavy (non-hydrogen) atoms. The number of rotatable bonds is 3. The molecular weight excluding hydrogens is 212 g/mol. The Morgan fingerprint density at radius 2 is 2.18 bits per heavy atom. The molecular formula is C15H16O2. The minimum absolute atomic E-state index is 0.0582. The molecule has 1 aromatic carbocycles. The van der Waals surface area contributed by atoms with E-state index in [9.17, 15) is 9.90 Å². The van der Waals surface area contributed by atoms with Crippen LogP contribution in [0.2, 0.25) is 0 Å². The molecule has 0 aromatic heterocycles. The molecule has 1 N–H and O–H groups in total. The number of aliphatic hydroxyl groups is 1. The third-order valence-electron chi connectivity index (χ3n) is 3.60. The van der Waals surface area contributed by atoms with Crippen molar-refractivity contribution >= 4 is 5.78 Å². The fraction of sp³-hybridized carbons (Fsp3) is 0.267. The Kier molecular flexibility index (Phi) is 3.14. The molecule has 0 amide bonds. The van der Waals surface area contributed by atoms with Crippen LogP contribution in [0.5, 0.6) is 0 Å². The maximum atomic E-state index is 11.7. The van der Waals surface area contributed by atoms with E-state index in [1.54, 1.807) is 0 Å². The van der Waals surface area contributed by atoms with Gasteiger partial charge in [0.15, 0.2) is 5.78 Å². The number of aliphatic hydroxyl groups excluding tert-OH is 1. The maximum Gasteiger partial charge on any atom is 0.184 e. The molecule has 2 heteroatoms. The average molecular weight is 228 g/mol. The van der Waals surface area contributed by atoms with Gasteiger partial charge in [0.25, 0.3) is 0 Å². The van der Waals surface area contributed by atoms with Gasteiger partial charge in [-0.1, -0.05) is 37.8 Å². The van der Waals surface area contributed by atoms with Gasteiger partial charge in [-0.2, -0.15) is 0 Å². The van der Waals surface area contributed by atoms with Crippen molar-refractivity contribution in [3.05, 3.63) is 59.9 Å². The molecule has 2 unspecified atom stereocenters. The molecule has 1 aromatic rings. The van der Waals surface area contributed by atoms with Gasteiger partial charge in [-0.3, -0.25) is 4.79 Å². The van der Waals surface area contributed by atoms with Crippen LogP contribution in [0.25, 0.3) is 0 Å². The van der Waals surface area contributed by atoms with Crippen LogP contribution in [0.1, 0.15) is 24.0 Å². The van der Waals surface area contributed by atoms with Gasteiger partial charge in [-0.05, 0) is 29.5 Å². The lowest BCUT2D eigenvalue weighted by molar-refractivity contribution is -0.112. The number of fused-ring (bicyclic) bond motifs is 1. The number of benzene rings is 1. The van der Waals surface area contributed by atoms with E-state index in [0.717, 1.165) is 12.7 Å². The lowest BCUT2D eigenvalue weighted by Crippen LogP contribution is -2.14. The van der Waals surface area contributed by atoms with Crippen LogP contribution in [0.4, 0.5) is 0 Å². The van der Waals surface area contributed by atoms with Gasteiger partial charge in [-0.25, -0.2) is 0 Å². The van der Waals surface area contributed by atoms with Gasteiger partial charge in [0, 0.05) is 11.5 Å². The molecule has 2 atom stereocenters. The number of allylic oxidation sites excluding steroid dienone is 2. The lowest BCUT2D eigenvalue weighted by Gasteiger charge is -2.16. The third-order valence-corrected chi connectivity index (χ3v) is 3.60. The highest BCUT2D eigenvalue weighted by Gasteiger charge is 2.33. The summed E-state index contributed by atoms with van der Waals surface area (Å²) in [4.78, 5) is 11.7. The van der Waals surface area contributed by atoms with Crippen molar-refractivity contribution in [3.63, 3.8) is 0 Å². The van der Waals surface area contributed by atoms with Gasteiger partial charge in [-0.15, -0.1) is 0 Å². The summed E-state index contributed by atoms with van der Waals surface area (Å²) < 4.78 is 0. The molecule has 88 valence electrons. The topological polar surface area (TPSA) is 37.3 Å². The standard InChI is InChI=1S/C15H16O2/c1-3-15(17)14(9-16)13-8-11-6-4-5-7-12(11)10(13)2/h3-7,9-10,13,16H,1,8H2,2H3/b14-9+. The maximum absolute atomic E-state index is 11.7. The molecule has 0 bridgehead atoms. The second kappa shape index (κ2) is 4.58. The Morgan fingerprint density at radius 3 is 2.76 bits per heavy atom. The molecule has 2 nitrogen and oxygen atoms in total. The zero-order valence-electron chi connectivity index (χ0n) is 9.89. The lowest BCUT2D eigenvalue weighted by atomic mass is 9.86. The average Bonchev–Trinajstić information content (AvgIpc) is 2.68. The zero-order valence-corrected chi connectivity index (χ0v) is 9.89. The van der Waals surface area contributed by atoms with E-state index in [0.29, 0.717) is 5.57 Å². The van der Waals surface area contributed by atoms with Crippen molar-refractivity contribution in [1.29, 1.82) is 0 Å². The molecule has 0 saturated heterocycles. The van der Waals surface area contributed by atoms with E-state index in [-0.39, 0.29) is 17.6 Å². The van der Waals surface area contributed by atoms with E-state index < -0.39 is 0 Å². The summed E-state index contributed by atoms with van der Waals surface area (Å²) in [5.41, 5.74) is 3.00. The SMILES string of the molecule is C=CC(=O)/C(=C/O)C1Cc2ccccc2C1C. The molecule has 0 fully saturated rings. The Balaban J connectivity index is 2.34. The summed E-state index contributed by atoms with van der Waals surface area (Å²) in [6.45, 7) is 5.57. The number of carbonyl (C=O) groups is 1. The van der Waals surface area contributed by atoms with Crippen LogP contribution in [-0.4, -0.2) is 10.9 Å². The summed E-state index contributed by atoms with van der Waals surface area (Å²) in [6.07, 6.45) is 3.01. The van der Waals surface area contributed by atoms with Crippen molar-refractivity contribution < 1.29 is 9.90 Å². The monoisotopic (exact) mass is 228 g/mol. The first kappa shape index (κ1) is 11.6. The summed E-state index contributed by atoms with van der Waals surface area (Å²) in [7, 11) is 0. The number of ketones is 1. The van der Waals surface area contributed by atoms with E-state index >= 15 is 0 Å². The fourth-order valence-corrected chi connectivity index (χ4v) is 2.63. The van der Waals surface area contributed by atoms with Crippen LogP contribution in [0.15, 0.2) is 48.8 Å². The first-order valence-electron chi connectivity index (χ1n) is 5.78. The van der Waals surface area contributed by atoms with Gasteiger partial charge >= 0.3 is 0 Å². The second-order valence-corrected chi connectivity index (χ2v) is 4.45. The van der Waals surface area contributed by atoms with Gasteiger partial charge in [0.1, 0.15) is 0 Å². The van der Waals surface area contributed by atoms with Crippen LogP contribution in [0.3, 0.4) is 0 Å². The highest BCUT2D eigenvalue weighted by Crippen LogP contribution is 2.41. The summed E-state index contributed by atoms with van der Waals surface area (Å²) >= 11 is 0. The van der Waals surface area contributed by atoms with Crippen molar-refractivity contribution in [2.45, 2.75) is 19.3 Å². The van der Waals surface area contributed by atoms with Gasteiger partial charge in [0.05, 0.1) is 6.26 Å². The van der Waals surface area contributed by atoms with Gasteiger partial charge < -0.3 is 5.11 Å². The number of hydrogen-bond donors (Lipinski definition) is 1. The van der Waals surface area contributed by atoms with E-state index in [2.05, 4.69) is 25.6 Å². The van der Waals surface area contributed by atoms with Crippen molar-refractivity contribution in [3.8, 4) is 0 Å². The summed E-state index contributed by atoms with van der Waals surface area (Å²) in [5, 5.41) is 9.25. The van der Waals surface area contributed by atoms with Crippen LogP contribution in [0, 0.1) is 5.92 Å². The van der Waals surface area contributed by atoms with E-state index in [1.807, 2.05) is 12.1 Å². The Morgan fingerprint density at radius 1 is 1.47 bits per heavy atom. The quantitative estimate of drug-likeness (QED) is 0.637. The highest BCUT2D eigenvalue weighted by atomic mass is 16.2.